The lowest BCUT2D eigenvalue weighted by atomic mass is 9.31. The van der Waals surface area contributed by atoms with Gasteiger partial charge in [-0.05, 0) is 184 Å². The van der Waals surface area contributed by atoms with E-state index in [4.69, 9.17) is 0 Å². The number of allylic oxidation sites excluding steroid dienone is 3. The maximum atomic E-state index is 2.66. The third kappa shape index (κ3) is 10.5. The molecule has 5 heteroatoms. The van der Waals surface area contributed by atoms with E-state index in [1.807, 2.05) is 0 Å². The molecular formula is C89H87BN4. The second-order valence-corrected chi connectivity index (χ2v) is 32.0. The monoisotopic (exact) mass is 1220 g/mol. The zero-order valence-corrected chi connectivity index (χ0v) is 57.6. The topological polar surface area (TPSA) is 16.3 Å². The molecule has 3 aliphatic rings. The van der Waals surface area contributed by atoms with Gasteiger partial charge in [0.05, 0.1) is 28.1 Å². The number of aromatic nitrogens is 2. The van der Waals surface area contributed by atoms with Crippen molar-refractivity contribution >= 4 is 73.6 Å². The Bertz CT molecular complexity index is 4890. The summed E-state index contributed by atoms with van der Waals surface area (Å²) in [7, 11) is 0. The predicted molar refractivity (Wildman–Crippen MR) is 404 cm³/mol. The van der Waals surface area contributed by atoms with Crippen molar-refractivity contribution in [3.63, 3.8) is 0 Å². The van der Waals surface area contributed by atoms with Crippen molar-refractivity contribution in [1.29, 1.82) is 0 Å². The molecule has 0 radical (unpaired) electrons. The van der Waals surface area contributed by atoms with E-state index in [1.165, 1.54) is 122 Å². The molecule has 0 saturated carbocycles. The largest absolute Gasteiger partial charge is 0.320 e. The maximum Gasteiger partial charge on any atom is 0.252 e. The molecule has 1 atom stereocenters. The molecule has 0 saturated heterocycles. The highest BCUT2D eigenvalue weighted by Crippen LogP contribution is 2.54. The summed E-state index contributed by atoms with van der Waals surface area (Å²) in [6.07, 6.45) is 5.15. The summed E-state index contributed by atoms with van der Waals surface area (Å²) in [5.41, 5.74) is 30.2. The molecule has 12 aromatic rings. The SMILES string of the molecule is CC(C)(C)c1ccc(C2=CC3B4c5c(cc(-n6c7ccc(C(C)(C)C)cc7c7cc(C(C)(C)C)ccc76)cc5N(c5ccc(-c6ccccc6)cc5)c5cc(-c6ccc(C(C)(C)C)cc6)n(-c6ccc(C(C)(C)C)cc6)c54)N(c4ccc(-c5ccccc5)cc4)C3=C2)cc1. The van der Waals surface area contributed by atoms with Crippen molar-refractivity contribution in [3.8, 4) is 44.9 Å². The van der Waals surface area contributed by atoms with Gasteiger partial charge in [0.2, 0.25) is 0 Å². The van der Waals surface area contributed by atoms with Crippen molar-refractivity contribution in [2.45, 2.75) is 137 Å². The summed E-state index contributed by atoms with van der Waals surface area (Å²) in [6, 6.07) is 90.9. The molecule has 0 spiro atoms. The Morgan fingerprint density at radius 1 is 0.309 bits per heavy atom. The number of hydrogen-bond donors (Lipinski definition) is 0. The minimum absolute atomic E-state index is 0.0146. The maximum absolute atomic E-state index is 2.66. The fourth-order valence-electron chi connectivity index (χ4n) is 15.0. The molecule has 15 rings (SSSR count). The standard InChI is InChI=1S/C89H87BN4/c1-85(2,3)64-34-26-61(27-35-64)63-50-75-79(51-63)91(69-42-30-59(31-43-69)57-22-18-16-19-23-57)80-54-72(93-76-48-40-67(88(10,11)12)52-73(76)74-53-68(89(13,14)15)41-49-77(74)93)55-81-83(80)90(75)84-82(92(81)70-44-32-60(33-45-70)58-24-20-17-21-25-58)56-78(62-28-36-65(37-29-62)86(4,5)6)94(84)71-46-38-66(39-47-71)87(7,8)9/h16-56,75H,1-15H3. The number of hydrogen-bond acceptors (Lipinski definition) is 2. The number of fused-ring (bicyclic) bond motifs is 7. The van der Waals surface area contributed by atoms with Gasteiger partial charge in [-0.25, -0.2) is 0 Å². The lowest BCUT2D eigenvalue weighted by molar-refractivity contribution is 0.590. The van der Waals surface area contributed by atoms with E-state index < -0.39 is 0 Å². The quantitative estimate of drug-likeness (QED) is 0.141. The summed E-state index contributed by atoms with van der Waals surface area (Å²) in [6.45, 7) is 34.7. The first kappa shape index (κ1) is 60.7. The molecule has 10 aromatic carbocycles. The van der Waals surface area contributed by atoms with Gasteiger partial charge in [0, 0.05) is 56.3 Å². The zero-order chi connectivity index (χ0) is 65.5. The predicted octanol–water partition coefficient (Wildman–Crippen LogP) is 23.0. The van der Waals surface area contributed by atoms with Crippen LogP contribution in [0.2, 0.25) is 5.82 Å². The molecule has 1 aliphatic carbocycles. The lowest BCUT2D eigenvalue weighted by Gasteiger charge is -2.46. The summed E-state index contributed by atoms with van der Waals surface area (Å²) < 4.78 is 5.24. The summed E-state index contributed by atoms with van der Waals surface area (Å²) >= 11 is 0. The van der Waals surface area contributed by atoms with Crippen molar-refractivity contribution in [1.82, 2.24) is 9.13 Å². The molecule has 0 bridgehead atoms. The Balaban J connectivity index is 1.09. The Morgan fingerprint density at radius 2 is 0.691 bits per heavy atom. The van der Waals surface area contributed by atoms with Gasteiger partial charge in [0.1, 0.15) is 0 Å². The molecular weight excluding hydrogens is 1140 g/mol. The molecule has 1 unspecified atom stereocenters. The summed E-state index contributed by atoms with van der Waals surface area (Å²) in [5, 5.41) is 2.53. The van der Waals surface area contributed by atoms with Crippen molar-refractivity contribution in [2.24, 2.45) is 0 Å². The van der Waals surface area contributed by atoms with Gasteiger partial charge < -0.3 is 18.9 Å². The van der Waals surface area contributed by atoms with E-state index in [9.17, 15) is 0 Å². The molecule has 4 heterocycles. The first-order chi connectivity index (χ1) is 44.8. The third-order valence-corrected chi connectivity index (χ3v) is 20.4. The van der Waals surface area contributed by atoms with Crippen molar-refractivity contribution in [3.05, 3.63) is 288 Å². The van der Waals surface area contributed by atoms with Gasteiger partial charge in [0.25, 0.3) is 6.71 Å². The molecule has 2 aliphatic heterocycles. The second-order valence-electron chi connectivity index (χ2n) is 32.0. The van der Waals surface area contributed by atoms with Crippen LogP contribution < -0.4 is 20.9 Å². The molecule has 0 amide bonds. The van der Waals surface area contributed by atoms with Crippen LogP contribution >= 0.6 is 0 Å². The van der Waals surface area contributed by atoms with E-state index in [1.54, 1.807) is 0 Å². The molecule has 2 aromatic heterocycles. The number of nitrogens with zero attached hydrogens (tertiary/aromatic N) is 4. The van der Waals surface area contributed by atoms with Crippen LogP contribution in [-0.4, -0.2) is 15.8 Å². The van der Waals surface area contributed by atoms with Gasteiger partial charge in [-0.1, -0.05) is 268 Å². The Morgan fingerprint density at radius 3 is 1.15 bits per heavy atom. The fourth-order valence-corrected chi connectivity index (χ4v) is 15.0. The first-order valence-corrected chi connectivity index (χ1v) is 34.0. The van der Waals surface area contributed by atoms with E-state index >= 15 is 0 Å². The summed E-state index contributed by atoms with van der Waals surface area (Å²) in [5.74, 6) is -0.0805. The van der Waals surface area contributed by atoms with Gasteiger partial charge in [-0.2, -0.15) is 0 Å². The van der Waals surface area contributed by atoms with Crippen LogP contribution in [0.15, 0.2) is 254 Å². The highest BCUT2D eigenvalue weighted by Gasteiger charge is 2.51. The van der Waals surface area contributed by atoms with Gasteiger partial charge in [-0.3, -0.25) is 0 Å². The molecule has 466 valence electrons. The lowest BCUT2D eigenvalue weighted by Crippen LogP contribution is -2.59. The van der Waals surface area contributed by atoms with Crippen molar-refractivity contribution in [2.75, 3.05) is 9.80 Å². The van der Waals surface area contributed by atoms with E-state index in [0.29, 0.717) is 0 Å². The smallest absolute Gasteiger partial charge is 0.252 e. The normalized spacial score (nSPS) is 14.9. The first-order valence-electron chi connectivity index (χ1n) is 34.0. The highest BCUT2D eigenvalue weighted by atomic mass is 15.2. The van der Waals surface area contributed by atoms with E-state index in [0.717, 1.165) is 28.4 Å². The minimum atomic E-state index is -0.141. The second kappa shape index (κ2) is 22.0. The highest BCUT2D eigenvalue weighted by molar-refractivity contribution is 6.91. The minimum Gasteiger partial charge on any atom is -0.320 e. The molecule has 0 N–H and O–H groups in total. The molecule has 0 fully saturated rings. The Labute approximate surface area is 558 Å². The van der Waals surface area contributed by atoms with E-state index in [-0.39, 0.29) is 39.6 Å². The van der Waals surface area contributed by atoms with Crippen LogP contribution in [0.3, 0.4) is 0 Å². The van der Waals surface area contributed by atoms with Crippen LogP contribution in [0.5, 0.6) is 0 Å². The van der Waals surface area contributed by atoms with Gasteiger partial charge >= 0.3 is 0 Å². The third-order valence-electron chi connectivity index (χ3n) is 20.4. The fraction of sp³-hybridized carbons (Fsp3) is 0.236. The Hall–Kier alpha value is -9.58. The number of rotatable bonds is 8. The van der Waals surface area contributed by atoms with Gasteiger partial charge in [0.15, 0.2) is 0 Å². The average Bonchev–Trinajstić information content (AvgIpc) is 1.40. The van der Waals surface area contributed by atoms with Crippen LogP contribution in [0.4, 0.5) is 28.4 Å². The Kier molecular flexibility index (Phi) is 14.2. The van der Waals surface area contributed by atoms with Crippen LogP contribution in [0.25, 0.3) is 72.3 Å². The molecule has 4 nitrogen and oxygen atoms in total. The van der Waals surface area contributed by atoms with E-state index in [2.05, 4.69) is 372 Å². The molecule has 94 heavy (non-hydrogen) atoms. The zero-order valence-electron chi connectivity index (χ0n) is 57.6. The van der Waals surface area contributed by atoms with Crippen LogP contribution in [-0.2, 0) is 27.1 Å². The number of anilines is 5. The summed E-state index contributed by atoms with van der Waals surface area (Å²) in [4.78, 5) is 5.28. The van der Waals surface area contributed by atoms with Crippen LogP contribution in [0.1, 0.15) is 137 Å². The number of benzene rings is 10. The van der Waals surface area contributed by atoms with Gasteiger partial charge in [-0.15, -0.1) is 0 Å². The average molecular weight is 1220 g/mol. The van der Waals surface area contributed by atoms with Crippen molar-refractivity contribution < 1.29 is 0 Å². The van der Waals surface area contributed by atoms with Crippen LogP contribution in [0, 0.1) is 0 Å².